The summed E-state index contributed by atoms with van der Waals surface area (Å²) in [6, 6.07) is 60.5. The van der Waals surface area contributed by atoms with Crippen LogP contribution in [0.15, 0.2) is 176 Å². The van der Waals surface area contributed by atoms with Crippen molar-refractivity contribution in [1.29, 1.82) is 5.26 Å². The molecule has 0 saturated heterocycles. The molecular weight excluding hydrogens is 647 g/mol. The van der Waals surface area contributed by atoms with Crippen molar-refractivity contribution in [1.82, 2.24) is 18.7 Å². The molecule has 0 bridgehead atoms. The molecule has 0 aliphatic rings. The van der Waals surface area contributed by atoms with E-state index in [2.05, 4.69) is 176 Å². The largest absolute Gasteiger partial charge is 0.308 e. The second kappa shape index (κ2) is 11.3. The van der Waals surface area contributed by atoms with E-state index in [1.165, 1.54) is 10.8 Å². The highest BCUT2D eigenvalue weighted by molar-refractivity contribution is 6.14. The second-order valence-electron chi connectivity index (χ2n) is 13.5. The first-order valence-corrected chi connectivity index (χ1v) is 17.8. The molecule has 0 spiro atoms. The molecule has 4 aromatic heterocycles. The van der Waals surface area contributed by atoms with Crippen LogP contribution in [-0.4, -0.2) is 18.7 Å². The topological polar surface area (TPSA) is 51.5 Å². The zero-order chi connectivity index (χ0) is 35.0. The lowest BCUT2D eigenvalue weighted by Crippen LogP contribution is -2.10. The van der Waals surface area contributed by atoms with Crippen LogP contribution in [0.4, 0.5) is 0 Å². The van der Waals surface area contributed by atoms with Gasteiger partial charge in [0, 0.05) is 50.3 Å². The Bertz CT molecular complexity index is 3140. The molecule has 0 atom stereocenters. The summed E-state index contributed by atoms with van der Waals surface area (Å²) >= 11 is 0. The van der Waals surface area contributed by atoms with Crippen molar-refractivity contribution in [2.75, 3.05) is 0 Å². The Morgan fingerprint density at radius 1 is 0.396 bits per heavy atom. The molecule has 4 heterocycles. The molecule has 5 heteroatoms. The highest BCUT2D eigenvalue weighted by Crippen LogP contribution is 2.46. The first kappa shape index (κ1) is 29.3. The SMILES string of the molecule is N#Cc1c(-n2c3ccccc3c3ccccc32)cc(-n2c3ccccc3c3ccccc32)c(-n2c3ccccc3c3ccccc32)c1-c1ccncc1. The minimum atomic E-state index is 0.587. The Morgan fingerprint density at radius 3 is 1.11 bits per heavy atom. The number of fused-ring (bicyclic) bond motifs is 9. The maximum Gasteiger partial charge on any atom is 0.102 e. The van der Waals surface area contributed by atoms with Crippen molar-refractivity contribution in [3.05, 3.63) is 182 Å². The molecule has 246 valence electrons. The van der Waals surface area contributed by atoms with Crippen molar-refractivity contribution in [3.63, 3.8) is 0 Å². The Kier molecular flexibility index (Phi) is 6.25. The van der Waals surface area contributed by atoms with Gasteiger partial charge in [0.1, 0.15) is 6.07 Å². The average Bonchev–Trinajstić information content (AvgIpc) is 3.86. The smallest absolute Gasteiger partial charge is 0.102 e. The van der Waals surface area contributed by atoms with Crippen LogP contribution in [0, 0.1) is 11.3 Å². The highest BCUT2D eigenvalue weighted by Gasteiger charge is 2.28. The number of benzene rings is 7. The van der Waals surface area contributed by atoms with Gasteiger partial charge in [-0.3, -0.25) is 4.98 Å². The number of hydrogen-bond donors (Lipinski definition) is 0. The molecule has 11 aromatic rings. The van der Waals surface area contributed by atoms with E-state index in [1.807, 2.05) is 24.5 Å². The second-order valence-corrected chi connectivity index (χ2v) is 13.5. The lowest BCUT2D eigenvalue weighted by atomic mass is 9.95. The summed E-state index contributed by atoms with van der Waals surface area (Å²) in [5.41, 5.74) is 11.5. The van der Waals surface area contributed by atoms with Crippen LogP contribution in [0.25, 0.3) is 93.6 Å². The van der Waals surface area contributed by atoms with Crippen molar-refractivity contribution in [2.24, 2.45) is 0 Å². The average molecular weight is 676 g/mol. The van der Waals surface area contributed by atoms with Crippen LogP contribution in [0.2, 0.25) is 0 Å². The summed E-state index contributed by atoms with van der Waals surface area (Å²) in [6.45, 7) is 0. The zero-order valence-electron chi connectivity index (χ0n) is 28.5. The summed E-state index contributed by atoms with van der Waals surface area (Å²) in [7, 11) is 0. The number of nitriles is 1. The minimum Gasteiger partial charge on any atom is -0.308 e. The first-order valence-electron chi connectivity index (χ1n) is 17.8. The van der Waals surface area contributed by atoms with Crippen molar-refractivity contribution in [2.45, 2.75) is 0 Å². The van der Waals surface area contributed by atoms with E-state index in [9.17, 15) is 5.26 Å². The zero-order valence-corrected chi connectivity index (χ0v) is 28.5. The van der Waals surface area contributed by atoms with E-state index in [0.717, 1.165) is 82.8 Å². The molecular formula is C48H29N5. The molecule has 53 heavy (non-hydrogen) atoms. The van der Waals surface area contributed by atoms with Crippen LogP contribution >= 0.6 is 0 Å². The van der Waals surface area contributed by atoms with Gasteiger partial charge in [0.05, 0.1) is 55.7 Å². The van der Waals surface area contributed by atoms with Gasteiger partial charge in [-0.2, -0.15) is 5.26 Å². The molecule has 7 aromatic carbocycles. The van der Waals surface area contributed by atoms with E-state index >= 15 is 0 Å². The van der Waals surface area contributed by atoms with Gasteiger partial charge in [-0.25, -0.2) is 0 Å². The third kappa shape index (κ3) is 4.09. The molecule has 0 amide bonds. The Balaban J connectivity index is 1.44. The predicted octanol–water partition coefficient (Wildman–Crippen LogP) is 11.9. The number of hydrogen-bond acceptors (Lipinski definition) is 2. The Morgan fingerprint density at radius 2 is 0.736 bits per heavy atom. The number of aromatic nitrogens is 4. The monoisotopic (exact) mass is 675 g/mol. The molecule has 5 nitrogen and oxygen atoms in total. The molecule has 0 unspecified atom stereocenters. The standard InChI is InChI=1S/C48H29N5/c49-30-38-45(51-39-19-7-1-13-32(39)33-14-2-8-20-40(33)51)29-46(52-41-21-9-3-15-34(41)35-16-4-10-22-42(35)52)48(47(38)31-25-27-50-28-26-31)53-43-23-11-5-17-36(43)37-18-6-12-24-44(37)53/h1-29H. The van der Waals surface area contributed by atoms with Gasteiger partial charge >= 0.3 is 0 Å². The van der Waals surface area contributed by atoms with Gasteiger partial charge in [-0.05, 0) is 60.2 Å². The Labute approximate surface area is 304 Å². The van der Waals surface area contributed by atoms with Gasteiger partial charge in [0.25, 0.3) is 0 Å². The third-order valence-electron chi connectivity index (χ3n) is 10.8. The van der Waals surface area contributed by atoms with E-state index in [-0.39, 0.29) is 0 Å². The maximum absolute atomic E-state index is 11.5. The lowest BCUT2D eigenvalue weighted by Gasteiger charge is -2.24. The van der Waals surface area contributed by atoms with Crippen LogP contribution < -0.4 is 0 Å². The lowest BCUT2D eigenvalue weighted by molar-refractivity contribution is 1.07. The van der Waals surface area contributed by atoms with E-state index in [4.69, 9.17) is 0 Å². The molecule has 11 rings (SSSR count). The minimum absolute atomic E-state index is 0.587. The van der Waals surface area contributed by atoms with Crippen LogP contribution in [0.1, 0.15) is 5.56 Å². The summed E-state index contributed by atoms with van der Waals surface area (Å²) in [4.78, 5) is 4.43. The van der Waals surface area contributed by atoms with E-state index in [1.54, 1.807) is 0 Å². The van der Waals surface area contributed by atoms with Crippen LogP contribution in [0.3, 0.4) is 0 Å². The van der Waals surface area contributed by atoms with Crippen molar-refractivity contribution in [3.8, 4) is 34.3 Å². The number of nitrogens with zero attached hydrogens (tertiary/aromatic N) is 5. The third-order valence-corrected chi connectivity index (χ3v) is 10.8. The molecule has 0 aliphatic heterocycles. The van der Waals surface area contributed by atoms with E-state index in [0.29, 0.717) is 5.56 Å². The number of rotatable bonds is 4. The van der Waals surface area contributed by atoms with Crippen LogP contribution in [-0.2, 0) is 0 Å². The van der Waals surface area contributed by atoms with Crippen LogP contribution in [0.5, 0.6) is 0 Å². The van der Waals surface area contributed by atoms with E-state index < -0.39 is 0 Å². The Hall–Kier alpha value is -7.42. The number of para-hydroxylation sites is 6. The van der Waals surface area contributed by atoms with Crippen molar-refractivity contribution >= 4 is 65.4 Å². The predicted molar refractivity (Wildman–Crippen MR) is 217 cm³/mol. The summed E-state index contributed by atoms with van der Waals surface area (Å²) in [5.74, 6) is 0. The first-order chi connectivity index (χ1) is 26.3. The normalized spacial score (nSPS) is 11.8. The van der Waals surface area contributed by atoms with Gasteiger partial charge in [-0.15, -0.1) is 0 Å². The fraction of sp³-hybridized carbons (Fsp3) is 0. The summed E-state index contributed by atoms with van der Waals surface area (Å²) in [5, 5.41) is 18.5. The highest BCUT2D eigenvalue weighted by atomic mass is 15.1. The molecule has 0 fully saturated rings. The maximum atomic E-state index is 11.5. The fourth-order valence-electron chi connectivity index (χ4n) is 8.66. The quantitative estimate of drug-likeness (QED) is 0.186. The molecule has 0 radical (unpaired) electrons. The summed E-state index contributed by atoms with van der Waals surface area (Å²) < 4.78 is 7.05. The van der Waals surface area contributed by atoms with Gasteiger partial charge in [0.2, 0.25) is 0 Å². The van der Waals surface area contributed by atoms with Crippen molar-refractivity contribution < 1.29 is 0 Å². The molecule has 0 N–H and O–H groups in total. The van der Waals surface area contributed by atoms with Gasteiger partial charge in [-0.1, -0.05) is 109 Å². The summed E-state index contributed by atoms with van der Waals surface area (Å²) in [6.07, 6.45) is 3.64. The van der Waals surface area contributed by atoms with Gasteiger partial charge < -0.3 is 13.7 Å². The molecule has 0 saturated carbocycles. The van der Waals surface area contributed by atoms with Gasteiger partial charge in [0.15, 0.2) is 0 Å². The number of pyridine rings is 1. The molecule has 0 aliphatic carbocycles. The fourth-order valence-corrected chi connectivity index (χ4v) is 8.66.